The summed E-state index contributed by atoms with van der Waals surface area (Å²) < 4.78 is 58.9. The number of aliphatic hydroxyl groups is 1. The number of halogens is 4. The van der Waals surface area contributed by atoms with Crippen LogP contribution in [0.4, 0.5) is 23.2 Å². The smallest absolute Gasteiger partial charge is 0.406 e. The highest BCUT2D eigenvalue weighted by Gasteiger charge is 2.52. The minimum atomic E-state index is -4.98. The van der Waals surface area contributed by atoms with Crippen LogP contribution in [-0.4, -0.2) is 58.2 Å². The molecule has 0 saturated heterocycles. The number of hydrogen-bond acceptors (Lipinski definition) is 5. The minimum absolute atomic E-state index is 0.0147. The van der Waals surface area contributed by atoms with Gasteiger partial charge in [-0.1, -0.05) is 13.8 Å². The van der Waals surface area contributed by atoms with Crippen molar-refractivity contribution in [3.63, 3.8) is 0 Å². The van der Waals surface area contributed by atoms with Crippen LogP contribution in [0.2, 0.25) is 0 Å². The first-order chi connectivity index (χ1) is 13.8. The Kier molecular flexibility index (Phi) is 6.60. The van der Waals surface area contributed by atoms with E-state index in [2.05, 4.69) is 5.32 Å². The number of carbonyl (C=O) groups excluding carboxylic acids is 3. The molecule has 30 heavy (non-hydrogen) atoms. The molecule has 1 aromatic carbocycles. The molecular formula is C18H21F4N3O5. The number of anilines is 1. The lowest BCUT2D eigenvalue weighted by molar-refractivity contribution is -0.184. The summed E-state index contributed by atoms with van der Waals surface area (Å²) in [4.78, 5) is 37.3. The van der Waals surface area contributed by atoms with Gasteiger partial charge in [0.15, 0.2) is 0 Å². The molecule has 1 heterocycles. The maximum atomic E-state index is 13.5. The summed E-state index contributed by atoms with van der Waals surface area (Å²) in [5.74, 6) is -5.10. The number of nitrogens with one attached hydrogen (secondary N) is 1. The lowest BCUT2D eigenvalue weighted by atomic mass is 9.95. The zero-order valence-corrected chi connectivity index (χ0v) is 16.1. The Bertz CT molecular complexity index is 848. The monoisotopic (exact) mass is 435 g/mol. The van der Waals surface area contributed by atoms with Gasteiger partial charge in [0, 0.05) is 6.07 Å². The Morgan fingerprint density at radius 1 is 1.30 bits per heavy atom. The van der Waals surface area contributed by atoms with E-state index in [1.165, 1.54) is 19.9 Å². The zero-order valence-electron chi connectivity index (χ0n) is 16.1. The molecular weight excluding hydrogens is 414 g/mol. The van der Waals surface area contributed by atoms with E-state index in [0.717, 1.165) is 12.1 Å². The number of ether oxygens (including phenoxy) is 1. The maximum absolute atomic E-state index is 13.5. The molecule has 1 unspecified atom stereocenters. The topological polar surface area (TPSA) is 122 Å². The Balaban J connectivity index is 2.57. The molecule has 0 fully saturated rings. The summed E-state index contributed by atoms with van der Waals surface area (Å²) in [5, 5.41) is 12.6. The average Bonchev–Trinajstić information content (AvgIpc) is 2.79. The third kappa shape index (κ3) is 4.64. The number of nitrogens with zero attached hydrogens (tertiary/aromatic N) is 1. The number of carbonyl (C=O) groups is 3. The van der Waals surface area contributed by atoms with Gasteiger partial charge in [-0.05, 0) is 25.0 Å². The lowest BCUT2D eigenvalue weighted by Crippen LogP contribution is -2.64. The minimum Gasteiger partial charge on any atom is -0.486 e. The van der Waals surface area contributed by atoms with Crippen LogP contribution in [0.25, 0.3) is 0 Å². The first-order valence-electron chi connectivity index (χ1n) is 9.01. The van der Waals surface area contributed by atoms with Crippen LogP contribution in [0, 0.1) is 5.82 Å². The molecule has 4 N–H and O–H groups in total. The standard InChI is InChI=1S/C18H21F4N3O5/c1-3-11-13(14(26)24-10-7-9(19)5-6-12(10)30-11)25(8-18(20,21)22)16(28)17(29,4-2)15(23)27/h5-7,11,13,29H,3-4,8H2,1-2H3,(H2,23,27)(H,24,26)/t11-,13+,17?/m1/s1. The summed E-state index contributed by atoms with van der Waals surface area (Å²) in [6, 6.07) is 1.22. The molecule has 3 atom stereocenters. The SMILES string of the molecule is CC[C@H]1Oc2ccc(F)cc2NC(=O)[C@H]1N(CC(F)(F)F)C(=O)C(O)(CC)C(N)=O. The molecule has 8 nitrogen and oxygen atoms in total. The number of nitrogens with two attached hydrogens (primary N) is 1. The van der Waals surface area contributed by atoms with E-state index in [9.17, 15) is 37.1 Å². The normalized spacial score (nSPS) is 20.8. The molecule has 2 rings (SSSR count). The number of benzene rings is 1. The Labute approximate surface area is 169 Å². The van der Waals surface area contributed by atoms with E-state index < -0.39 is 60.4 Å². The van der Waals surface area contributed by atoms with E-state index in [-0.39, 0.29) is 22.8 Å². The van der Waals surface area contributed by atoms with Crippen molar-refractivity contribution >= 4 is 23.4 Å². The Hall–Kier alpha value is -2.89. The van der Waals surface area contributed by atoms with Crippen molar-refractivity contribution in [2.75, 3.05) is 11.9 Å². The van der Waals surface area contributed by atoms with E-state index in [1.807, 2.05) is 0 Å². The van der Waals surface area contributed by atoms with Crippen molar-refractivity contribution in [1.82, 2.24) is 4.90 Å². The van der Waals surface area contributed by atoms with Crippen molar-refractivity contribution in [2.45, 2.75) is 50.6 Å². The number of primary amides is 1. The summed E-state index contributed by atoms with van der Waals surface area (Å²) in [7, 11) is 0. The first-order valence-corrected chi connectivity index (χ1v) is 9.01. The predicted molar refractivity (Wildman–Crippen MR) is 95.7 cm³/mol. The molecule has 1 aliphatic rings. The third-order valence-corrected chi connectivity index (χ3v) is 4.72. The largest absolute Gasteiger partial charge is 0.486 e. The molecule has 0 bridgehead atoms. The molecule has 0 aromatic heterocycles. The second-order valence-electron chi connectivity index (χ2n) is 6.77. The fraction of sp³-hybridized carbons (Fsp3) is 0.500. The Morgan fingerprint density at radius 2 is 1.93 bits per heavy atom. The van der Waals surface area contributed by atoms with Gasteiger partial charge in [-0.25, -0.2) is 4.39 Å². The molecule has 3 amide bonds. The summed E-state index contributed by atoms with van der Waals surface area (Å²) in [6.07, 6.45) is -6.92. The Morgan fingerprint density at radius 3 is 2.43 bits per heavy atom. The summed E-state index contributed by atoms with van der Waals surface area (Å²) in [6.45, 7) is 0.716. The van der Waals surface area contributed by atoms with Crippen LogP contribution in [-0.2, 0) is 14.4 Å². The summed E-state index contributed by atoms with van der Waals surface area (Å²) >= 11 is 0. The molecule has 0 spiro atoms. The quantitative estimate of drug-likeness (QED) is 0.460. The van der Waals surface area contributed by atoms with Crippen LogP contribution < -0.4 is 15.8 Å². The van der Waals surface area contributed by atoms with Crippen LogP contribution in [0.5, 0.6) is 5.75 Å². The van der Waals surface area contributed by atoms with Crippen molar-refractivity contribution < 1.29 is 41.8 Å². The van der Waals surface area contributed by atoms with Crippen LogP contribution in [0.3, 0.4) is 0 Å². The molecule has 1 aliphatic heterocycles. The fourth-order valence-corrected chi connectivity index (χ4v) is 3.11. The maximum Gasteiger partial charge on any atom is 0.406 e. The van der Waals surface area contributed by atoms with E-state index in [0.29, 0.717) is 0 Å². The molecule has 0 radical (unpaired) electrons. The van der Waals surface area contributed by atoms with Gasteiger partial charge in [-0.3, -0.25) is 14.4 Å². The summed E-state index contributed by atoms with van der Waals surface area (Å²) in [5.41, 5.74) is 1.94. The zero-order chi connectivity index (χ0) is 22.9. The molecule has 0 aliphatic carbocycles. The van der Waals surface area contributed by atoms with Gasteiger partial charge in [0.2, 0.25) is 5.60 Å². The number of rotatable bonds is 6. The van der Waals surface area contributed by atoms with Gasteiger partial charge in [0.05, 0.1) is 5.69 Å². The highest BCUT2D eigenvalue weighted by molar-refractivity contribution is 6.09. The van der Waals surface area contributed by atoms with Gasteiger partial charge >= 0.3 is 6.18 Å². The van der Waals surface area contributed by atoms with Gasteiger partial charge in [-0.2, -0.15) is 13.2 Å². The molecule has 166 valence electrons. The van der Waals surface area contributed by atoms with Crippen LogP contribution in [0.15, 0.2) is 18.2 Å². The van der Waals surface area contributed by atoms with Crippen molar-refractivity contribution in [1.29, 1.82) is 0 Å². The first kappa shape index (κ1) is 23.4. The van der Waals surface area contributed by atoms with Gasteiger partial charge in [-0.15, -0.1) is 0 Å². The lowest BCUT2D eigenvalue weighted by Gasteiger charge is -2.38. The van der Waals surface area contributed by atoms with Crippen molar-refractivity contribution in [3.05, 3.63) is 24.0 Å². The van der Waals surface area contributed by atoms with Crippen molar-refractivity contribution in [2.24, 2.45) is 5.73 Å². The third-order valence-electron chi connectivity index (χ3n) is 4.72. The molecule has 1 aromatic rings. The average molecular weight is 435 g/mol. The van der Waals surface area contributed by atoms with Gasteiger partial charge in [0.1, 0.15) is 30.3 Å². The highest BCUT2D eigenvalue weighted by atomic mass is 19.4. The number of alkyl halides is 3. The van der Waals surface area contributed by atoms with E-state index in [1.54, 1.807) is 0 Å². The molecule has 0 saturated carbocycles. The van der Waals surface area contributed by atoms with Gasteiger partial charge < -0.3 is 25.8 Å². The second-order valence-corrected chi connectivity index (χ2v) is 6.77. The second kappa shape index (κ2) is 8.46. The van der Waals surface area contributed by atoms with Crippen LogP contribution in [0.1, 0.15) is 26.7 Å². The van der Waals surface area contributed by atoms with E-state index >= 15 is 0 Å². The fourth-order valence-electron chi connectivity index (χ4n) is 3.11. The van der Waals surface area contributed by atoms with Crippen molar-refractivity contribution in [3.8, 4) is 5.75 Å². The highest BCUT2D eigenvalue weighted by Crippen LogP contribution is 2.33. The predicted octanol–water partition coefficient (Wildman–Crippen LogP) is 1.32. The number of amides is 3. The van der Waals surface area contributed by atoms with Crippen LogP contribution >= 0.6 is 0 Å². The number of fused-ring (bicyclic) bond motifs is 1. The number of hydrogen-bond donors (Lipinski definition) is 3. The molecule has 12 heteroatoms. The van der Waals surface area contributed by atoms with E-state index in [4.69, 9.17) is 10.5 Å². The van der Waals surface area contributed by atoms with Gasteiger partial charge in [0.25, 0.3) is 17.7 Å².